The highest BCUT2D eigenvalue weighted by Gasteiger charge is 2.09. The maximum atomic E-state index is 12.1. The van der Waals surface area contributed by atoms with Crippen LogP contribution in [0.4, 0.5) is 5.69 Å². The van der Waals surface area contributed by atoms with Crippen molar-refractivity contribution in [3.63, 3.8) is 0 Å². The fourth-order valence-corrected chi connectivity index (χ4v) is 3.49. The Morgan fingerprint density at radius 3 is 2.69 bits per heavy atom. The molecule has 0 radical (unpaired) electrons. The van der Waals surface area contributed by atoms with Gasteiger partial charge in [0.1, 0.15) is 11.3 Å². The van der Waals surface area contributed by atoms with E-state index in [2.05, 4.69) is 15.6 Å². The van der Waals surface area contributed by atoms with Crippen molar-refractivity contribution in [1.29, 1.82) is 0 Å². The number of nitrogens with zero attached hydrogens (tertiary/aromatic N) is 1. The number of carbonyl (C=O) groups is 1. The smallest absolute Gasteiger partial charge is 0.264 e. The van der Waals surface area contributed by atoms with Crippen LogP contribution in [0.15, 0.2) is 71.1 Å². The fourth-order valence-electron chi connectivity index (χ4n) is 3.07. The monoisotopic (exact) mass is 465 g/mol. The van der Waals surface area contributed by atoms with Crippen LogP contribution in [0, 0.1) is 6.92 Å². The van der Waals surface area contributed by atoms with Gasteiger partial charge in [-0.05, 0) is 66.7 Å². The van der Waals surface area contributed by atoms with Crippen molar-refractivity contribution in [2.24, 2.45) is 0 Å². The van der Waals surface area contributed by atoms with E-state index in [0.717, 1.165) is 27.9 Å². The SMILES string of the molecule is Cc1ccc2oc(Cc3ccc(NC(=S)NC(=O)COc4ccccc4Cl)cc3)nc2c1. The molecule has 2 N–H and O–H groups in total. The lowest BCUT2D eigenvalue weighted by Crippen LogP contribution is -2.37. The van der Waals surface area contributed by atoms with Gasteiger partial charge in [-0.2, -0.15) is 0 Å². The molecule has 1 amide bonds. The highest BCUT2D eigenvalue weighted by molar-refractivity contribution is 7.80. The Hall–Kier alpha value is -3.42. The van der Waals surface area contributed by atoms with Gasteiger partial charge in [-0.1, -0.05) is 41.9 Å². The Morgan fingerprint density at radius 1 is 1.12 bits per heavy atom. The molecule has 1 aromatic heterocycles. The second-order valence-electron chi connectivity index (χ2n) is 7.17. The summed E-state index contributed by atoms with van der Waals surface area (Å²) in [4.78, 5) is 16.6. The normalized spacial score (nSPS) is 10.7. The lowest BCUT2D eigenvalue weighted by atomic mass is 10.1. The number of thiocarbonyl (C=S) groups is 1. The molecule has 0 bridgehead atoms. The van der Waals surface area contributed by atoms with E-state index >= 15 is 0 Å². The molecule has 1 heterocycles. The van der Waals surface area contributed by atoms with Crippen LogP contribution in [0.5, 0.6) is 5.75 Å². The highest BCUT2D eigenvalue weighted by atomic mass is 35.5. The summed E-state index contributed by atoms with van der Waals surface area (Å²) in [6.07, 6.45) is 0.578. The molecule has 0 saturated carbocycles. The summed E-state index contributed by atoms with van der Waals surface area (Å²) in [5, 5.41) is 6.18. The zero-order valence-electron chi connectivity index (χ0n) is 17.2. The number of anilines is 1. The summed E-state index contributed by atoms with van der Waals surface area (Å²) < 4.78 is 11.2. The summed E-state index contributed by atoms with van der Waals surface area (Å²) in [7, 11) is 0. The van der Waals surface area contributed by atoms with E-state index in [1.165, 1.54) is 0 Å². The number of oxazole rings is 1. The van der Waals surface area contributed by atoms with Crippen LogP contribution in [-0.4, -0.2) is 22.6 Å². The second kappa shape index (κ2) is 9.80. The summed E-state index contributed by atoms with van der Waals surface area (Å²) in [5.74, 6) is 0.714. The number of rotatable bonds is 6. The van der Waals surface area contributed by atoms with Gasteiger partial charge in [-0.3, -0.25) is 10.1 Å². The first-order valence-electron chi connectivity index (χ1n) is 9.89. The van der Waals surface area contributed by atoms with E-state index in [1.54, 1.807) is 24.3 Å². The van der Waals surface area contributed by atoms with Crippen LogP contribution in [0.2, 0.25) is 5.02 Å². The van der Waals surface area contributed by atoms with Crippen LogP contribution < -0.4 is 15.4 Å². The van der Waals surface area contributed by atoms with E-state index < -0.39 is 0 Å². The van der Waals surface area contributed by atoms with Crippen LogP contribution in [0.3, 0.4) is 0 Å². The molecular weight excluding hydrogens is 446 g/mol. The lowest BCUT2D eigenvalue weighted by molar-refractivity contribution is -0.121. The first-order valence-corrected chi connectivity index (χ1v) is 10.7. The molecule has 0 aliphatic carbocycles. The Bertz CT molecular complexity index is 1270. The molecule has 4 aromatic rings. The second-order valence-corrected chi connectivity index (χ2v) is 7.99. The largest absolute Gasteiger partial charge is 0.482 e. The number of carbonyl (C=O) groups excluding carboxylic acids is 1. The first-order chi connectivity index (χ1) is 15.5. The molecule has 0 aliphatic rings. The van der Waals surface area contributed by atoms with Crippen molar-refractivity contribution in [3.8, 4) is 5.75 Å². The third kappa shape index (κ3) is 5.63. The number of aryl methyl sites for hydroxylation is 1. The molecule has 0 spiro atoms. The zero-order chi connectivity index (χ0) is 22.5. The molecule has 4 rings (SSSR count). The number of amides is 1. The van der Waals surface area contributed by atoms with E-state index in [4.69, 9.17) is 33.0 Å². The molecule has 0 aliphatic heterocycles. The van der Waals surface area contributed by atoms with Crippen molar-refractivity contribution in [1.82, 2.24) is 10.3 Å². The third-order valence-corrected chi connectivity index (χ3v) is 5.12. The average molecular weight is 466 g/mol. The van der Waals surface area contributed by atoms with Crippen LogP contribution in [0.25, 0.3) is 11.1 Å². The number of ether oxygens (including phenoxy) is 1. The molecule has 8 heteroatoms. The van der Waals surface area contributed by atoms with Gasteiger partial charge in [0.15, 0.2) is 23.2 Å². The number of hydrogen-bond donors (Lipinski definition) is 2. The van der Waals surface area contributed by atoms with Gasteiger partial charge in [0.05, 0.1) is 5.02 Å². The molecule has 0 saturated heterocycles. The molecule has 0 fully saturated rings. The topological polar surface area (TPSA) is 76.4 Å². The third-order valence-electron chi connectivity index (χ3n) is 4.60. The fraction of sp³-hybridized carbons (Fsp3) is 0.125. The first kappa shape index (κ1) is 21.8. The molecule has 162 valence electrons. The lowest BCUT2D eigenvalue weighted by Gasteiger charge is -2.11. The number of para-hydroxylation sites is 1. The Balaban J connectivity index is 1.28. The van der Waals surface area contributed by atoms with Crippen molar-refractivity contribution >= 4 is 51.6 Å². The standard InChI is InChI=1S/C24H20ClN3O3S/c1-15-6-11-21-19(12-15)27-23(31-21)13-16-7-9-17(10-8-16)26-24(32)28-22(29)14-30-20-5-3-2-4-18(20)25/h2-12H,13-14H2,1H3,(H2,26,28,29,32). The summed E-state index contributed by atoms with van der Waals surface area (Å²) >= 11 is 11.2. The van der Waals surface area contributed by atoms with Crippen LogP contribution in [0.1, 0.15) is 17.0 Å². The Labute approximate surface area is 195 Å². The number of benzene rings is 3. The number of aromatic nitrogens is 1. The minimum absolute atomic E-state index is 0.180. The summed E-state index contributed by atoms with van der Waals surface area (Å²) in [6, 6.07) is 20.5. The molecule has 0 unspecified atom stereocenters. The Morgan fingerprint density at radius 2 is 1.91 bits per heavy atom. The minimum Gasteiger partial charge on any atom is -0.482 e. The van der Waals surface area contributed by atoms with Gasteiger partial charge in [-0.15, -0.1) is 0 Å². The summed E-state index contributed by atoms with van der Waals surface area (Å²) in [6.45, 7) is 1.83. The maximum Gasteiger partial charge on any atom is 0.264 e. The minimum atomic E-state index is -0.384. The van der Waals surface area contributed by atoms with Crippen LogP contribution in [-0.2, 0) is 11.2 Å². The van der Waals surface area contributed by atoms with E-state index in [9.17, 15) is 4.79 Å². The van der Waals surface area contributed by atoms with Gasteiger partial charge in [0, 0.05) is 12.1 Å². The Kier molecular flexibility index (Phi) is 6.68. The van der Waals surface area contributed by atoms with Gasteiger partial charge < -0.3 is 14.5 Å². The number of halogens is 1. The average Bonchev–Trinajstić information content (AvgIpc) is 3.16. The predicted molar refractivity (Wildman–Crippen MR) is 129 cm³/mol. The van der Waals surface area contributed by atoms with E-state index in [-0.39, 0.29) is 17.6 Å². The van der Waals surface area contributed by atoms with Crippen molar-refractivity contribution in [2.75, 3.05) is 11.9 Å². The van der Waals surface area contributed by atoms with Crippen molar-refractivity contribution < 1.29 is 13.9 Å². The van der Waals surface area contributed by atoms with Gasteiger partial charge in [-0.25, -0.2) is 4.98 Å². The van der Waals surface area contributed by atoms with E-state index in [1.807, 2.05) is 49.4 Å². The van der Waals surface area contributed by atoms with Gasteiger partial charge in [0.25, 0.3) is 5.91 Å². The number of fused-ring (bicyclic) bond motifs is 1. The maximum absolute atomic E-state index is 12.1. The zero-order valence-corrected chi connectivity index (χ0v) is 18.8. The highest BCUT2D eigenvalue weighted by Crippen LogP contribution is 2.23. The molecule has 0 atom stereocenters. The molecule has 6 nitrogen and oxygen atoms in total. The van der Waals surface area contributed by atoms with Crippen molar-refractivity contribution in [2.45, 2.75) is 13.3 Å². The quantitative estimate of drug-likeness (QED) is 0.378. The molecular formula is C24H20ClN3O3S. The van der Waals surface area contributed by atoms with Crippen LogP contribution >= 0.6 is 23.8 Å². The van der Waals surface area contributed by atoms with Gasteiger partial charge in [0.2, 0.25) is 0 Å². The van der Waals surface area contributed by atoms with E-state index in [0.29, 0.717) is 23.1 Å². The predicted octanol–water partition coefficient (Wildman–Crippen LogP) is 5.27. The molecule has 3 aromatic carbocycles. The van der Waals surface area contributed by atoms with Crippen molar-refractivity contribution in [3.05, 3.63) is 88.8 Å². The van der Waals surface area contributed by atoms with Gasteiger partial charge >= 0.3 is 0 Å². The number of nitrogens with one attached hydrogen (secondary N) is 2. The number of hydrogen-bond acceptors (Lipinski definition) is 5. The molecule has 32 heavy (non-hydrogen) atoms. The summed E-state index contributed by atoms with van der Waals surface area (Å²) in [5.41, 5.74) is 4.58.